The van der Waals surface area contributed by atoms with Gasteiger partial charge in [-0.3, -0.25) is 4.90 Å². The summed E-state index contributed by atoms with van der Waals surface area (Å²) in [5, 5.41) is 17.9. The minimum absolute atomic E-state index is 0.294. The Kier molecular flexibility index (Phi) is 3.69. The van der Waals surface area contributed by atoms with Crippen molar-refractivity contribution in [2.45, 2.75) is 13.0 Å². The van der Waals surface area contributed by atoms with E-state index in [1.54, 1.807) is 31.2 Å². The van der Waals surface area contributed by atoms with E-state index in [2.05, 4.69) is 0 Å². The van der Waals surface area contributed by atoms with Crippen LogP contribution >= 0.6 is 0 Å². The van der Waals surface area contributed by atoms with E-state index in [4.69, 9.17) is 10.4 Å². The van der Waals surface area contributed by atoms with Gasteiger partial charge in [0, 0.05) is 6.54 Å². The Hall–Kier alpha value is -2.02. The molecule has 78 valence electrons. The fourth-order valence-corrected chi connectivity index (χ4v) is 1.39. The van der Waals surface area contributed by atoms with Crippen LogP contribution in [-0.4, -0.2) is 22.6 Å². The molecule has 0 bridgehead atoms. The lowest BCUT2D eigenvalue weighted by atomic mass is 10.1. The van der Waals surface area contributed by atoms with Crippen molar-refractivity contribution in [3.8, 4) is 6.07 Å². The van der Waals surface area contributed by atoms with Crippen molar-refractivity contribution < 1.29 is 9.90 Å². The van der Waals surface area contributed by atoms with Crippen LogP contribution in [0.1, 0.15) is 18.5 Å². The molecule has 1 unspecified atom stereocenters. The van der Waals surface area contributed by atoms with Crippen LogP contribution < -0.4 is 0 Å². The van der Waals surface area contributed by atoms with E-state index in [-0.39, 0.29) is 0 Å². The Labute approximate surface area is 88.4 Å². The van der Waals surface area contributed by atoms with Gasteiger partial charge >= 0.3 is 6.09 Å². The third-order valence-corrected chi connectivity index (χ3v) is 2.14. The first-order valence-electron chi connectivity index (χ1n) is 4.64. The van der Waals surface area contributed by atoms with Crippen LogP contribution in [0.3, 0.4) is 0 Å². The van der Waals surface area contributed by atoms with Gasteiger partial charge in [0.25, 0.3) is 0 Å². The van der Waals surface area contributed by atoms with Crippen LogP contribution in [0.2, 0.25) is 0 Å². The van der Waals surface area contributed by atoms with Crippen molar-refractivity contribution in [2.24, 2.45) is 0 Å². The van der Waals surface area contributed by atoms with Gasteiger partial charge in [-0.25, -0.2) is 4.79 Å². The maximum absolute atomic E-state index is 10.9. The third kappa shape index (κ3) is 2.47. The number of rotatable bonds is 3. The van der Waals surface area contributed by atoms with Gasteiger partial charge < -0.3 is 5.11 Å². The van der Waals surface area contributed by atoms with Gasteiger partial charge in [0.2, 0.25) is 0 Å². The number of nitriles is 1. The molecule has 0 saturated carbocycles. The zero-order chi connectivity index (χ0) is 11.3. The summed E-state index contributed by atoms with van der Waals surface area (Å²) in [5.74, 6) is 0. The summed E-state index contributed by atoms with van der Waals surface area (Å²) in [6.45, 7) is 2.00. The van der Waals surface area contributed by atoms with Gasteiger partial charge in [-0.15, -0.1) is 0 Å². The highest BCUT2D eigenvalue weighted by molar-refractivity contribution is 5.66. The Bertz CT molecular complexity index is 370. The number of carboxylic acid groups (broad SMARTS) is 1. The van der Waals surface area contributed by atoms with E-state index in [1.807, 2.05) is 12.1 Å². The molecule has 0 saturated heterocycles. The molecule has 0 aliphatic carbocycles. The van der Waals surface area contributed by atoms with Crippen molar-refractivity contribution in [1.29, 1.82) is 5.26 Å². The largest absolute Gasteiger partial charge is 0.465 e. The summed E-state index contributed by atoms with van der Waals surface area (Å²) < 4.78 is 0. The number of benzene rings is 1. The zero-order valence-corrected chi connectivity index (χ0v) is 8.42. The second-order valence-corrected chi connectivity index (χ2v) is 3.01. The highest BCUT2D eigenvalue weighted by Crippen LogP contribution is 2.19. The van der Waals surface area contributed by atoms with E-state index in [9.17, 15) is 4.79 Å². The number of carbonyl (C=O) groups is 1. The van der Waals surface area contributed by atoms with Crippen molar-refractivity contribution in [3.63, 3.8) is 0 Å². The summed E-state index contributed by atoms with van der Waals surface area (Å²) in [5.41, 5.74) is 0.698. The van der Waals surface area contributed by atoms with E-state index in [0.29, 0.717) is 12.1 Å². The van der Waals surface area contributed by atoms with Crippen molar-refractivity contribution in [2.75, 3.05) is 6.54 Å². The van der Waals surface area contributed by atoms with E-state index in [0.717, 1.165) is 4.90 Å². The van der Waals surface area contributed by atoms with E-state index in [1.165, 1.54) is 0 Å². The molecule has 4 heteroatoms. The molecule has 1 N–H and O–H groups in total. The standard InChI is InChI=1S/C11H12N2O2/c1-2-13(11(14)15)10(8-12)9-6-4-3-5-7-9/h3-7,10H,2H2,1H3,(H,14,15). The summed E-state index contributed by atoms with van der Waals surface area (Å²) in [7, 11) is 0. The summed E-state index contributed by atoms with van der Waals surface area (Å²) in [4.78, 5) is 12.0. The molecule has 0 aromatic heterocycles. The average molecular weight is 204 g/mol. The first kappa shape index (κ1) is 11.1. The lowest BCUT2D eigenvalue weighted by Gasteiger charge is -2.22. The van der Waals surface area contributed by atoms with E-state index < -0.39 is 12.1 Å². The molecular formula is C11H12N2O2. The Morgan fingerprint density at radius 3 is 2.53 bits per heavy atom. The molecule has 0 aliphatic rings. The zero-order valence-electron chi connectivity index (χ0n) is 8.42. The Morgan fingerprint density at radius 1 is 1.53 bits per heavy atom. The van der Waals surface area contributed by atoms with Gasteiger partial charge in [0.15, 0.2) is 0 Å². The molecule has 0 radical (unpaired) electrons. The molecule has 1 rings (SSSR count). The number of hydrogen-bond acceptors (Lipinski definition) is 2. The first-order chi connectivity index (χ1) is 7.20. The normalized spacial score (nSPS) is 11.5. The number of hydrogen-bond donors (Lipinski definition) is 1. The van der Waals surface area contributed by atoms with Crippen molar-refractivity contribution >= 4 is 6.09 Å². The molecule has 1 atom stereocenters. The molecule has 0 heterocycles. The first-order valence-corrected chi connectivity index (χ1v) is 4.64. The van der Waals surface area contributed by atoms with Crippen LogP contribution in [0, 0.1) is 11.3 Å². The van der Waals surface area contributed by atoms with Gasteiger partial charge in [-0.2, -0.15) is 5.26 Å². The molecule has 0 spiro atoms. The monoisotopic (exact) mass is 204 g/mol. The van der Waals surface area contributed by atoms with Crippen LogP contribution in [0.4, 0.5) is 4.79 Å². The summed E-state index contributed by atoms with van der Waals surface area (Å²) >= 11 is 0. The number of nitrogens with zero attached hydrogens (tertiary/aromatic N) is 2. The molecule has 1 amide bonds. The maximum atomic E-state index is 10.9. The average Bonchev–Trinajstić information content (AvgIpc) is 2.26. The Balaban J connectivity index is 2.99. The molecule has 15 heavy (non-hydrogen) atoms. The third-order valence-electron chi connectivity index (χ3n) is 2.14. The van der Waals surface area contributed by atoms with Crippen molar-refractivity contribution in [3.05, 3.63) is 35.9 Å². The van der Waals surface area contributed by atoms with Crippen LogP contribution in [0.5, 0.6) is 0 Å². The highest BCUT2D eigenvalue weighted by Gasteiger charge is 2.22. The highest BCUT2D eigenvalue weighted by atomic mass is 16.4. The molecule has 1 aromatic carbocycles. The summed E-state index contributed by atoms with van der Waals surface area (Å²) in [6.07, 6.45) is -1.08. The SMILES string of the molecule is CCN(C(=O)O)C(C#N)c1ccccc1. The quantitative estimate of drug-likeness (QED) is 0.821. The minimum atomic E-state index is -1.08. The fraction of sp³-hybridized carbons (Fsp3) is 0.273. The number of amides is 1. The molecule has 1 aromatic rings. The van der Waals surface area contributed by atoms with E-state index >= 15 is 0 Å². The van der Waals surface area contributed by atoms with Gasteiger partial charge in [0.1, 0.15) is 6.04 Å². The van der Waals surface area contributed by atoms with Gasteiger partial charge in [-0.1, -0.05) is 30.3 Å². The van der Waals surface area contributed by atoms with Gasteiger partial charge in [0.05, 0.1) is 6.07 Å². The van der Waals surface area contributed by atoms with Gasteiger partial charge in [-0.05, 0) is 12.5 Å². The lowest BCUT2D eigenvalue weighted by molar-refractivity contribution is 0.138. The lowest BCUT2D eigenvalue weighted by Crippen LogP contribution is -2.32. The minimum Gasteiger partial charge on any atom is -0.465 e. The molecule has 0 fully saturated rings. The molecular weight excluding hydrogens is 192 g/mol. The topological polar surface area (TPSA) is 64.3 Å². The molecule has 4 nitrogen and oxygen atoms in total. The molecule has 0 aliphatic heterocycles. The Morgan fingerprint density at radius 2 is 2.13 bits per heavy atom. The maximum Gasteiger partial charge on any atom is 0.408 e. The van der Waals surface area contributed by atoms with Crippen LogP contribution in [-0.2, 0) is 0 Å². The predicted octanol–water partition coefficient (Wildman–Crippen LogP) is 2.25. The van der Waals surface area contributed by atoms with Crippen molar-refractivity contribution in [1.82, 2.24) is 4.90 Å². The van der Waals surface area contributed by atoms with Crippen LogP contribution in [0.15, 0.2) is 30.3 Å². The second-order valence-electron chi connectivity index (χ2n) is 3.01. The summed E-state index contributed by atoms with van der Waals surface area (Å²) in [6, 6.07) is 10.2. The second kappa shape index (κ2) is 5.01. The van der Waals surface area contributed by atoms with Crippen LogP contribution in [0.25, 0.3) is 0 Å². The fourth-order valence-electron chi connectivity index (χ4n) is 1.39. The smallest absolute Gasteiger partial charge is 0.408 e. The predicted molar refractivity (Wildman–Crippen MR) is 55.2 cm³/mol.